The second-order valence-corrected chi connectivity index (χ2v) is 6.03. The Morgan fingerprint density at radius 3 is 3.07 bits per heavy atom. The molecule has 1 aliphatic carbocycles. The summed E-state index contributed by atoms with van der Waals surface area (Å²) < 4.78 is 1.10. The predicted octanol–water partition coefficient (Wildman–Crippen LogP) is 3.18. The van der Waals surface area contributed by atoms with Crippen molar-refractivity contribution in [2.45, 2.75) is 25.7 Å². The van der Waals surface area contributed by atoms with Crippen LogP contribution in [-0.2, 0) is 5.41 Å². The molecule has 2 nitrogen and oxygen atoms in total. The van der Waals surface area contributed by atoms with Gasteiger partial charge < -0.3 is 5.32 Å². The number of hydrogen-bond acceptors (Lipinski definition) is 2. The van der Waals surface area contributed by atoms with E-state index in [4.69, 9.17) is 0 Å². The molecule has 2 atom stereocenters. The smallest absolute Gasteiger partial charge is 0.129 e. The predicted molar refractivity (Wildman–Crippen MR) is 65.0 cm³/mol. The number of anilines is 1. The molecule has 3 heteroatoms. The maximum absolute atomic E-state index is 4.43. The Morgan fingerprint density at radius 1 is 1.60 bits per heavy atom. The number of nitrogens with zero attached hydrogens (tertiary/aromatic N) is 1. The zero-order chi connectivity index (χ0) is 10.6. The molecule has 15 heavy (non-hydrogen) atoms. The molecule has 2 unspecified atom stereocenters. The van der Waals surface area contributed by atoms with Crippen molar-refractivity contribution in [3.8, 4) is 0 Å². The number of pyridine rings is 1. The molecule has 2 heterocycles. The molecule has 1 aromatic heterocycles. The Balaban J connectivity index is 2.02. The van der Waals surface area contributed by atoms with Gasteiger partial charge in [-0.2, -0.15) is 0 Å². The van der Waals surface area contributed by atoms with Crippen molar-refractivity contribution in [3.63, 3.8) is 0 Å². The van der Waals surface area contributed by atoms with Crippen LogP contribution in [0.3, 0.4) is 0 Å². The Kier molecular flexibility index (Phi) is 1.91. The van der Waals surface area contributed by atoms with Crippen molar-refractivity contribution in [1.82, 2.24) is 4.98 Å². The molecule has 0 saturated heterocycles. The summed E-state index contributed by atoms with van der Waals surface area (Å²) in [5.41, 5.74) is 1.83. The van der Waals surface area contributed by atoms with Crippen LogP contribution in [0.1, 0.15) is 25.8 Å². The fraction of sp³-hybridized carbons (Fsp3) is 0.583. The molecule has 0 aromatic carbocycles. The molecule has 2 aliphatic rings. The van der Waals surface area contributed by atoms with Gasteiger partial charge in [-0.25, -0.2) is 4.98 Å². The zero-order valence-corrected chi connectivity index (χ0v) is 10.6. The van der Waals surface area contributed by atoms with Crippen molar-refractivity contribution in [2.24, 2.45) is 11.8 Å². The number of fused-ring (bicyclic) bond motifs is 2. The Labute approximate surface area is 98.6 Å². The quantitative estimate of drug-likeness (QED) is 0.845. The summed E-state index contributed by atoms with van der Waals surface area (Å²) in [7, 11) is 0. The van der Waals surface area contributed by atoms with E-state index in [9.17, 15) is 0 Å². The summed E-state index contributed by atoms with van der Waals surface area (Å²) in [6.07, 6.45) is 3.19. The average Bonchev–Trinajstić information content (AvgIpc) is 2.81. The van der Waals surface area contributed by atoms with E-state index in [1.807, 2.05) is 6.20 Å². The second-order valence-electron chi connectivity index (χ2n) is 5.11. The molecule has 80 valence electrons. The lowest BCUT2D eigenvalue weighted by molar-refractivity contribution is 0.498. The largest absolute Gasteiger partial charge is 0.369 e. The van der Waals surface area contributed by atoms with Gasteiger partial charge in [-0.05, 0) is 40.3 Å². The van der Waals surface area contributed by atoms with Gasteiger partial charge in [0.05, 0.1) is 0 Å². The second kappa shape index (κ2) is 2.97. The molecule has 1 spiro atoms. The first-order chi connectivity index (χ1) is 7.13. The van der Waals surface area contributed by atoms with Gasteiger partial charge >= 0.3 is 0 Å². The lowest BCUT2D eigenvalue weighted by Crippen LogP contribution is -2.15. The fourth-order valence-corrected chi connectivity index (χ4v) is 3.35. The SMILES string of the molecule is CC(C)C1CC12CNc1ncc(Br)cc12. The van der Waals surface area contributed by atoms with Crippen molar-refractivity contribution in [3.05, 3.63) is 22.3 Å². The number of aromatic nitrogens is 1. The van der Waals surface area contributed by atoms with E-state index in [0.717, 1.165) is 28.7 Å². The van der Waals surface area contributed by atoms with Crippen LogP contribution in [0.4, 0.5) is 5.82 Å². The van der Waals surface area contributed by atoms with E-state index < -0.39 is 0 Å². The molecule has 0 bridgehead atoms. The highest BCUT2D eigenvalue weighted by Gasteiger charge is 2.59. The standard InChI is InChI=1S/C12H15BrN2/c1-7(2)10-4-12(10)6-15-11-9(12)3-8(13)5-14-11/h3,5,7,10H,4,6H2,1-2H3,(H,14,15). The van der Waals surface area contributed by atoms with Crippen LogP contribution in [-0.4, -0.2) is 11.5 Å². The van der Waals surface area contributed by atoms with Gasteiger partial charge in [0.25, 0.3) is 0 Å². The van der Waals surface area contributed by atoms with Crippen LogP contribution in [0.2, 0.25) is 0 Å². The Hall–Kier alpha value is -0.570. The zero-order valence-electron chi connectivity index (χ0n) is 9.05. The van der Waals surface area contributed by atoms with E-state index in [1.165, 1.54) is 12.0 Å². The lowest BCUT2D eigenvalue weighted by atomic mass is 9.92. The minimum atomic E-state index is 0.403. The maximum Gasteiger partial charge on any atom is 0.129 e. The summed E-state index contributed by atoms with van der Waals surface area (Å²) in [5, 5.41) is 3.43. The Bertz CT molecular complexity index is 416. The molecule has 1 N–H and O–H groups in total. The minimum absolute atomic E-state index is 0.403. The minimum Gasteiger partial charge on any atom is -0.369 e. The summed E-state index contributed by atoms with van der Waals surface area (Å²) >= 11 is 3.51. The fourth-order valence-electron chi connectivity index (χ4n) is 3.02. The van der Waals surface area contributed by atoms with Gasteiger partial charge in [-0.1, -0.05) is 13.8 Å². The average molecular weight is 267 g/mol. The number of rotatable bonds is 1. The summed E-state index contributed by atoms with van der Waals surface area (Å²) in [5.74, 6) is 2.71. The van der Waals surface area contributed by atoms with E-state index in [2.05, 4.69) is 46.1 Å². The molecular weight excluding hydrogens is 252 g/mol. The highest BCUT2D eigenvalue weighted by Crippen LogP contribution is 2.61. The van der Waals surface area contributed by atoms with Crippen molar-refractivity contribution < 1.29 is 0 Å². The molecular formula is C12H15BrN2. The monoisotopic (exact) mass is 266 g/mol. The van der Waals surface area contributed by atoms with Crippen LogP contribution in [0.15, 0.2) is 16.7 Å². The molecule has 3 rings (SSSR count). The Morgan fingerprint density at radius 2 is 2.40 bits per heavy atom. The normalized spacial score (nSPS) is 31.9. The van der Waals surface area contributed by atoms with Crippen LogP contribution in [0.25, 0.3) is 0 Å². The van der Waals surface area contributed by atoms with Crippen LogP contribution in [0, 0.1) is 11.8 Å². The third-order valence-electron chi connectivity index (χ3n) is 3.90. The first kappa shape index (κ1) is 9.64. The summed E-state index contributed by atoms with van der Waals surface area (Å²) in [6.45, 7) is 5.72. The maximum atomic E-state index is 4.43. The van der Waals surface area contributed by atoms with Crippen molar-refractivity contribution >= 4 is 21.7 Å². The lowest BCUT2D eigenvalue weighted by Gasteiger charge is -2.11. The highest BCUT2D eigenvalue weighted by molar-refractivity contribution is 9.10. The summed E-state index contributed by atoms with van der Waals surface area (Å²) in [6, 6.07) is 2.24. The highest BCUT2D eigenvalue weighted by atomic mass is 79.9. The molecule has 1 saturated carbocycles. The topological polar surface area (TPSA) is 24.9 Å². The van der Waals surface area contributed by atoms with E-state index in [-0.39, 0.29) is 0 Å². The van der Waals surface area contributed by atoms with Crippen molar-refractivity contribution in [2.75, 3.05) is 11.9 Å². The first-order valence-electron chi connectivity index (χ1n) is 5.53. The molecule has 1 aliphatic heterocycles. The van der Waals surface area contributed by atoms with E-state index >= 15 is 0 Å². The van der Waals surface area contributed by atoms with Crippen LogP contribution < -0.4 is 5.32 Å². The third-order valence-corrected chi connectivity index (χ3v) is 4.33. The molecule has 1 aromatic rings. The van der Waals surface area contributed by atoms with E-state index in [0.29, 0.717) is 5.41 Å². The summed E-state index contributed by atoms with van der Waals surface area (Å²) in [4.78, 5) is 4.43. The van der Waals surface area contributed by atoms with Crippen molar-refractivity contribution in [1.29, 1.82) is 0 Å². The number of hydrogen-bond donors (Lipinski definition) is 1. The number of halogens is 1. The van der Waals surface area contributed by atoms with Gasteiger partial charge in [-0.3, -0.25) is 0 Å². The molecule has 0 amide bonds. The van der Waals surface area contributed by atoms with Gasteiger partial charge in [-0.15, -0.1) is 0 Å². The van der Waals surface area contributed by atoms with Gasteiger partial charge in [0, 0.05) is 28.2 Å². The van der Waals surface area contributed by atoms with E-state index in [1.54, 1.807) is 0 Å². The number of nitrogens with one attached hydrogen (secondary N) is 1. The molecule has 0 radical (unpaired) electrons. The van der Waals surface area contributed by atoms with Crippen LogP contribution in [0.5, 0.6) is 0 Å². The van der Waals surface area contributed by atoms with Gasteiger partial charge in [0.2, 0.25) is 0 Å². The first-order valence-corrected chi connectivity index (χ1v) is 6.33. The molecule has 1 fully saturated rings. The van der Waals surface area contributed by atoms with Gasteiger partial charge in [0.1, 0.15) is 5.82 Å². The third kappa shape index (κ3) is 1.25. The van der Waals surface area contributed by atoms with Crippen LogP contribution >= 0.6 is 15.9 Å². The van der Waals surface area contributed by atoms with Gasteiger partial charge in [0.15, 0.2) is 0 Å².